The largest absolute Gasteiger partial charge is 0.348 e. The molecule has 0 aliphatic heterocycles. The molecule has 0 unspecified atom stereocenters. The third-order valence-electron chi connectivity index (χ3n) is 4.54. The second-order valence-electron chi connectivity index (χ2n) is 7.45. The molecule has 0 aliphatic carbocycles. The molecule has 0 radical (unpaired) electrons. The molecule has 2 aromatic rings. The van der Waals surface area contributed by atoms with E-state index < -0.39 is 28.8 Å². The predicted molar refractivity (Wildman–Crippen MR) is 102 cm³/mol. The molecule has 0 fully saturated rings. The van der Waals surface area contributed by atoms with Crippen LogP contribution in [0.3, 0.4) is 0 Å². The smallest absolute Gasteiger partial charge is 0.273 e. The molecule has 1 aromatic carbocycles. The Kier molecular flexibility index (Phi) is 6.31. The Bertz CT molecular complexity index is 918. The quantitative estimate of drug-likeness (QED) is 0.717. The van der Waals surface area contributed by atoms with Crippen LogP contribution in [0.5, 0.6) is 0 Å². The van der Waals surface area contributed by atoms with E-state index in [0.717, 1.165) is 18.2 Å². The molecule has 152 valence electrons. The molecule has 0 amide bonds. The molecule has 0 saturated carbocycles. The van der Waals surface area contributed by atoms with Gasteiger partial charge in [0.25, 0.3) is 11.5 Å². The highest BCUT2D eigenvalue weighted by Gasteiger charge is 2.30. The fourth-order valence-corrected chi connectivity index (χ4v) is 2.96. The highest BCUT2D eigenvalue weighted by molar-refractivity contribution is 5.95. The molecule has 0 saturated heterocycles. The molecule has 8 heteroatoms. The average molecular weight is 395 g/mol. The number of anilines is 1. The summed E-state index contributed by atoms with van der Waals surface area (Å²) < 4.78 is 41.1. The number of carbonyl (C=O) groups excluding carboxylic acids is 1. The van der Waals surface area contributed by atoms with Crippen LogP contribution >= 0.6 is 0 Å². The van der Waals surface area contributed by atoms with Gasteiger partial charge in [-0.05, 0) is 29.5 Å². The molecular weight excluding hydrogens is 371 g/mol. The third kappa shape index (κ3) is 4.99. The van der Waals surface area contributed by atoms with Crippen LogP contribution in [0.4, 0.5) is 19.1 Å². The van der Waals surface area contributed by atoms with E-state index in [-0.39, 0.29) is 29.8 Å². The van der Waals surface area contributed by atoms with Crippen LogP contribution in [0.2, 0.25) is 0 Å². The number of rotatable bonds is 7. The summed E-state index contributed by atoms with van der Waals surface area (Å²) in [5.74, 6) is -4.90. The minimum atomic E-state index is -3.29. The van der Waals surface area contributed by atoms with E-state index in [4.69, 9.17) is 0 Å². The topological polar surface area (TPSA) is 66.1 Å². The fourth-order valence-electron chi connectivity index (χ4n) is 2.96. The van der Waals surface area contributed by atoms with Gasteiger partial charge in [-0.25, -0.2) is 18.2 Å². The van der Waals surface area contributed by atoms with Crippen molar-refractivity contribution in [3.63, 3.8) is 0 Å². The van der Waals surface area contributed by atoms with E-state index in [1.54, 1.807) is 19.0 Å². The molecule has 1 heterocycles. The standard InChI is InChI=1S/C20H24F3N3O2/c1-11(2)13(12-6-7-14(15(21)8-12)20(3,22)23)9-17(27)16-10-18(28)25-19(24-16)26(4)5/h6-8,10-11,13H,9H2,1-5H3,(H,24,25,28)/t13-/m1/s1. The van der Waals surface area contributed by atoms with Gasteiger partial charge >= 0.3 is 0 Å². The number of ketones is 1. The molecule has 2 rings (SSSR count). The fraction of sp³-hybridized carbons (Fsp3) is 0.450. The number of alkyl halides is 2. The second-order valence-corrected chi connectivity index (χ2v) is 7.45. The van der Waals surface area contributed by atoms with E-state index in [1.165, 1.54) is 6.07 Å². The lowest BCUT2D eigenvalue weighted by atomic mass is 9.83. The van der Waals surface area contributed by atoms with Gasteiger partial charge in [0.2, 0.25) is 5.95 Å². The number of aromatic nitrogens is 2. The van der Waals surface area contributed by atoms with Crippen LogP contribution in [-0.4, -0.2) is 29.8 Å². The van der Waals surface area contributed by atoms with Gasteiger partial charge in [-0.3, -0.25) is 14.6 Å². The zero-order valence-corrected chi connectivity index (χ0v) is 16.5. The maximum atomic E-state index is 14.2. The van der Waals surface area contributed by atoms with Gasteiger partial charge in [0.1, 0.15) is 11.5 Å². The maximum Gasteiger partial charge on any atom is 0.273 e. The number of carbonyl (C=O) groups is 1. The first-order valence-corrected chi connectivity index (χ1v) is 8.89. The summed E-state index contributed by atoms with van der Waals surface area (Å²) in [5, 5.41) is 0. The average Bonchev–Trinajstić information content (AvgIpc) is 2.57. The number of aromatic amines is 1. The summed E-state index contributed by atoms with van der Waals surface area (Å²) in [6, 6.07) is 4.65. The minimum absolute atomic E-state index is 0.00952. The number of halogens is 3. The van der Waals surface area contributed by atoms with Crippen molar-refractivity contribution >= 4 is 11.7 Å². The molecule has 5 nitrogen and oxygen atoms in total. The van der Waals surface area contributed by atoms with Crippen LogP contribution < -0.4 is 10.5 Å². The molecule has 0 spiro atoms. The number of hydrogen-bond donors (Lipinski definition) is 1. The van der Waals surface area contributed by atoms with Gasteiger partial charge in [-0.2, -0.15) is 0 Å². The van der Waals surface area contributed by atoms with E-state index in [9.17, 15) is 22.8 Å². The van der Waals surface area contributed by atoms with E-state index in [0.29, 0.717) is 12.5 Å². The van der Waals surface area contributed by atoms with Gasteiger partial charge in [0.15, 0.2) is 5.78 Å². The Labute approximate surface area is 161 Å². The van der Waals surface area contributed by atoms with Crippen molar-refractivity contribution in [1.29, 1.82) is 0 Å². The van der Waals surface area contributed by atoms with Gasteiger partial charge in [0, 0.05) is 33.5 Å². The number of benzene rings is 1. The monoisotopic (exact) mass is 395 g/mol. The number of Topliss-reactive ketones (excluding diaryl/α,β-unsaturated/α-hetero) is 1. The summed E-state index contributed by atoms with van der Waals surface area (Å²) in [6.07, 6.45) is -0.0255. The summed E-state index contributed by atoms with van der Waals surface area (Å²) in [6.45, 7) is 4.35. The first-order valence-electron chi connectivity index (χ1n) is 8.89. The zero-order valence-electron chi connectivity index (χ0n) is 16.5. The molecule has 1 aromatic heterocycles. The summed E-state index contributed by atoms with van der Waals surface area (Å²) in [5.41, 5.74) is -0.678. The Morgan fingerprint density at radius 3 is 2.39 bits per heavy atom. The first kappa shape index (κ1) is 21.7. The number of H-pyrrole nitrogens is 1. The Morgan fingerprint density at radius 2 is 1.89 bits per heavy atom. The molecule has 28 heavy (non-hydrogen) atoms. The molecule has 1 atom stereocenters. The van der Waals surface area contributed by atoms with Crippen molar-refractivity contribution in [3.05, 3.63) is 57.3 Å². The summed E-state index contributed by atoms with van der Waals surface area (Å²) >= 11 is 0. The van der Waals surface area contributed by atoms with Crippen LogP contribution in [0.15, 0.2) is 29.1 Å². The highest BCUT2D eigenvalue weighted by atomic mass is 19.3. The lowest BCUT2D eigenvalue weighted by Crippen LogP contribution is -2.22. The van der Waals surface area contributed by atoms with Crippen LogP contribution in [0.25, 0.3) is 0 Å². The minimum Gasteiger partial charge on any atom is -0.348 e. The zero-order chi connectivity index (χ0) is 21.2. The Balaban J connectivity index is 2.35. The van der Waals surface area contributed by atoms with Gasteiger partial charge in [0.05, 0.1) is 5.56 Å². The van der Waals surface area contributed by atoms with E-state index in [2.05, 4.69) is 9.97 Å². The maximum absolute atomic E-state index is 14.2. The van der Waals surface area contributed by atoms with Crippen LogP contribution in [0.1, 0.15) is 54.7 Å². The van der Waals surface area contributed by atoms with Gasteiger partial charge in [-0.1, -0.05) is 19.9 Å². The van der Waals surface area contributed by atoms with Crippen molar-refractivity contribution in [2.75, 3.05) is 19.0 Å². The predicted octanol–water partition coefficient (Wildman–Crippen LogP) is 4.10. The SMILES string of the molecule is CC(C)[C@@H](CC(=O)c1cc(=O)[nH]c(N(C)C)n1)c1ccc(C(C)(F)F)c(F)c1. The van der Waals surface area contributed by atoms with Crippen LogP contribution in [0, 0.1) is 11.7 Å². The number of hydrogen-bond acceptors (Lipinski definition) is 4. The van der Waals surface area contributed by atoms with Gasteiger partial charge in [-0.15, -0.1) is 0 Å². The normalized spacial score (nSPS) is 12.9. The van der Waals surface area contributed by atoms with Crippen molar-refractivity contribution in [2.24, 2.45) is 5.92 Å². The Morgan fingerprint density at radius 1 is 1.25 bits per heavy atom. The van der Waals surface area contributed by atoms with E-state index in [1.807, 2.05) is 13.8 Å². The summed E-state index contributed by atoms with van der Waals surface area (Å²) in [4.78, 5) is 32.8. The lowest BCUT2D eigenvalue weighted by Gasteiger charge is -2.22. The van der Waals surface area contributed by atoms with Crippen LogP contribution in [-0.2, 0) is 5.92 Å². The lowest BCUT2D eigenvalue weighted by molar-refractivity contribution is 0.0137. The van der Waals surface area contributed by atoms with E-state index >= 15 is 0 Å². The molecule has 0 aliphatic rings. The highest BCUT2D eigenvalue weighted by Crippen LogP contribution is 2.34. The summed E-state index contributed by atoms with van der Waals surface area (Å²) in [7, 11) is 3.36. The molecule has 1 N–H and O–H groups in total. The van der Waals surface area contributed by atoms with Crippen molar-refractivity contribution < 1.29 is 18.0 Å². The third-order valence-corrected chi connectivity index (χ3v) is 4.54. The molecule has 0 bridgehead atoms. The van der Waals surface area contributed by atoms with Gasteiger partial charge < -0.3 is 4.90 Å². The molecular formula is C20H24F3N3O2. The second kappa shape index (κ2) is 8.16. The number of nitrogens with one attached hydrogen (secondary N) is 1. The number of nitrogens with zero attached hydrogens (tertiary/aromatic N) is 2. The van der Waals surface area contributed by atoms with Crippen molar-refractivity contribution in [2.45, 2.75) is 39.0 Å². The Hall–Kier alpha value is -2.64. The van der Waals surface area contributed by atoms with Crippen molar-refractivity contribution in [1.82, 2.24) is 9.97 Å². The first-order chi connectivity index (χ1) is 12.9. The van der Waals surface area contributed by atoms with Crippen molar-refractivity contribution in [3.8, 4) is 0 Å².